The van der Waals surface area contributed by atoms with E-state index < -0.39 is 22.3 Å². The Morgan fingerprint density at radius 1 is 1.29 bits per heavy atom. The molecule has 2 heterocycles. The Bertz CT molecular complexity index is 873. The number of imidazole rings is 1. The summed E-state index contributed by atoms with van der Waals surface area (Å²) in [5.41, 5.74) is 0.974. The summed E-state index contributed by atoms with van der Waals surface area (Å²) in [6.45, 7) is 0. The number of benzene rings is 1. The molecule has 21 heavy (non-hydrogen) atoms. The highest BCUT2D eigenvalue weighted by atomic mass is 32.2. The number of alkyl halides is 2. The third-order valence-corrected chi connectivity index (χ3v) is 5.50. The lowest BCUT2D eigenvalue weighted by Gasteiger charge is -2.05. The first kappa shape index (κ1) is 14.0. The molecule has 0 atom stereocenters. The monoisotopic (exact) mass is 329 g/mol. The molecule has 0 saturated heterocycles. The van der Waals surface area contributed by atoms with Gasteiger partial charge in [0, 0.05) is 0 Å². The molecule has 0 amide bonds. The maximum absolute atomic E-state index is 12.6. The third-order valence-electron chi connectivity index (χ3n) is 2.72. The minimum atomic E-state index is -3.66. The van der Waals surface area contributed by atoms with Crippen molar-refractivity contribution in [3.05, 3.63) is 41.5 Å². The summed E-state index contributed by atoms with van der Waals surface area (Å²) in [6, 6.07) is 7.50. The van der Waals surface area contributed by atoms with Gasteiger partial charge in [0.05, 0.1) is 16.7 Å². The van der Waals surface area contributed by atoms with Crippen molar-refractivity contribution in [1.29, 1.82) is 0 Å². The second-order valence-corrected chi connectivity index (χ2v) is 7.05. The van der Waals surface area contributed by atoms with Crippen molar-refractivity contribution in [2.45, 2.75) is 10.6 Å². The van der Waals surface area contributed by atoms with Crippen LogP contribution in [0.2, 0.25) is 0 Å². The van der Waals surface area contributed by atoms with Crippen LogP contribution in [0.15, 0.2) is 39.9 Å². The molecule has 3 rings (SSSR count). The van der Waals surface area contributed by atoms with Gasteiger partial charge in [0.2, 0.25) is 0 Å². The number of rotatable bonds is 4. The smallest absolute Gasteiger partial charge is 0.295 e. The first-order chi connectivity index (χ1) is 9.95. The maximum atomic E-state index is 12.6. The standard InChI is InChI=1S/C12H9F2N3O2S2/c13-11(14)12-15-8-4-3-7(6-9(8)16-12)17-21(18,19)10-2-1-5-20-10/h1-6,11,17H,(H,15,16). The van der Waals surface area contributed by atoms with Gasteiger partial charge in [-0.05, 0) is 29.6 Å². The van der Waals surface area contributed by atoms with Crippen molar-refractivity contribution in [1.82, 2.24) is 9.97 Å². The average molecular weight is 329 g/mol. The number of hydrogen-bond donors (Lipinski definition) is 2. The average Bonchev–Trinajstić information content (AvgIpc) is 3.07. The van der Waals surface area contributed by atoms with Gasteiger partial charge < -0.3 is 4.98 Å². The fourth-order valence-corrected chi connectivity index (χ4v) is 3.86. The highest BCUT2D eigenvalue weighted by molar-refractivity contribution is 7.94. The molecule has 0 radical (unpaired) electrons. The molecule has 9 heteroatoms. The molecule has 0 unspecified atom stereocenters. The minimum Gasteiger partial charge on any atom is -0.337 e. The van der Waals surface area contributed by atoms with Gasteiger partial charge in [-0.25, -0.2) is 22.2 Å². The molecular formula is C12H9F2N3O2S2. The number of nitrogens with one attached hydrogen (secondary N) is 2. The molecule has 0 aliphatic rings. The van der Waals surface area contributed by atoms with E-state index >= 15 is 0 Å². The van der Waals surface area contributed by atoms with E-state index in [2.05, 4.69) is 14.7 Å². The molecule has 3 aromatic rings. The van der Waals surface area contributed by atoms with Crippen LogP contribution in [0, 0.1) is 0 Å². The van der Waals surface area contributed by atoms with Gasteiger partial charge >= 0.3 is 0 Å². The topological polar surface area (TPSA) is 74.8 Å². The number of H-pyrrole nitrogens is 1. The predicted octanol–water partition coefficient (Wildman–Crippen LogP) is 3.36. The van der Waals surface area contributed by atoms with Gasteiger partial charge in [-0.3, -0.25) is 4.72 Å². The number of aromatic amines is 1. The van der Waals surface area contributed by atoms with Crippen molar-refractivity contribution < 1.29 is 17.2 Å². The number of halogens is 2. The minimum absolute atomic E-state index is 0.181. The number of thiophene rings is 1. The van der Waals surface area contributed by atoms with E-state index in [1.165, 1.54) is 24.3 Å². The Labute approximate surface area is 122 Å². The van der Waals surface area contributed by atoms with Crippen LogP contribution >= 0.6 is 11.3 Å². The second-order valence-electron chi connectivity index (χ2n) is 4.19. The first-order valence-corrected chi connectivity index (χ1v) is 8.16. The zero-order chi connectivity index (χ0) is 15.0. The van der Waals surface area contributed by atoms with Crippen molar-refractivity contribution in [2.75, 3.05) is 4.72 Å². The van der Waals surface area contributed by atoms with Crippen LogP contribution < -0.4 is 4.72 Å². The summed E-state index contributed by atoms with van der Waals surface area (Å²) in [7, 11) is -3.66. The van der Waals surface area contributed by atoms with Crippen LogP contribution in [-0.2, 0) is 10.0 Å². The molecule has 0 fully saturated rings. The van der Waals surface area contributed by atoms with Crippen LogP contribution in [0.25, 0.3) is 11.0 Å². The molecular weight excluding hydrogens is 320 g/mol. The molecule has 110 valence electrons. The van der Waals surface area contributed by atoms with Crippen LogP contribution in [-0.4, -0.2) is 18.4 Å². The van der Waals surface area contributed by atoms with Gasteiger partial charge in [0.15, 0.2) is 5.82 Å². The van der Waals surface area contributed by atoms with Gasteiger partial charge in [0.1, 0.15) is 4.21 Å². The van der Waals surface area contributed by atoms with E-state index in [-0.39, 0.29) is 9.90 Å². The second kappa shape index (κ2) is 5.08. The van der Waals surface area contributed by atoms with Crippen LogP contribution in [0.4, 0.5) is 14.5 Å². The van der Waals surface area contributed by atoms with Gasteiger partial charge in [-0.15, -0.1) is 11.3 Å². The number of anilines is 1. The van der Waals surface area contributed by atoms with E-state index in [1.807, 2.05) is 0 Å². The molecule has 5 nitrogen and oxygen atoms in total. The molecule has 1 aromatic carbocycles. The van der Waals surface area contributed by atoms with Crippen LogP contribution in [0.3, 0.4) is 0 Å². The molecule has 0 aliphatic carbocycles. The van der Waals surface area contributed by atoms with Crippen LogP contribution in [0.1, 0.15) is 12.2 Å². The SMILES string of the molecule is O=S(=O)(Nc1ccc2nc(C(F)F)[nH]c2c1)c1cccs1. The lowest BCUT2D eigenvalue weighted by Crippen LogP contribution is -2.11. The van der Waals surface area contributed by atoms with Crippen LogP contribution in [0.5, 0.6) is 0 Å². The summed E-state index contributed by atoms with van der Waals surface area (Å²) in [4.78, 5) is 6.18. The molecule has 2 N–H and O–H groups in total. The Kier molecular flexibility index (Phi) is 3.38. The lowest BCUT2D eigenvalue weighted by molar-refractivity contribution is 0.142. The van der Waals surface area contributed by atoms with Gasteiger partial charge in [-0.2, -0.15) is 0 Å². The summed E-state index contributed by atoms with van der Waals surface area (Å²) in [6.07, 6.45) is -2.70. The largest absolute Gasteiger partial charge is 0.337 e. The van der Waals surface area contributed by atoms with E-state index in [4.69, 9.17) is 0 Å². The Balaban J connectivity index is 1.95. The molecule has 0 saturated carbocycles. The quantitative estimate of drug-likeness (QED) is 0.771. The number of sulfonamides is 1. The Hall–Kier alpha value is -2.00. The normalized spacial score (nSPS) is 12.1. The summed E-state index contributed by atoms with van der Waals surface area (Å²) >= 11 is 1.09. The molecule has 0 aliphatic heterocycles. The summed E-state index contributed by atoms with van der Waals surface area (Å²) in [5.74, 6) is -0.441. The fraction of sp³-hybridized carbons (Fsp3) is 0.0833. The van der Waals surface area contributed by atoms with E-state index in [1.54, 1.807) is 11.4 Å². The highest BCUT2D eigenvalue weighted by Crippen LogP contribution is 2.24. The number of fused-ring (bicyclic) bond motifs is 1. The van der Waals surface area contributed by atoms with Crippen molar-refractivity contribution in [3.63, 3.8) is 0 Å². The molecule has 0 spiro atoms. The van der Waals surface area contributed by atoms with Crippen molar-refractivity contribution in [3.8, 4) is 0 Å². The Morgan fingerprint density at radius 3 is 2.76 bits per heavy atom. The zero-order valence-corrected chi connectivity index (χ0v) is 12.0. The maximum Gasteiger partial charge on any atom is 0.295 e. The Morgan fingerprint density at radius 2 is 2.10 bits per heavy atom. The number of hydrogen-bond acceptors (Lipinski definition) is 4. The molecule has 0 bridgehead atoms. The van der Waals surface area contributed by atoms with E-state index in [9.17, 15) is 17.2 Å². The summed E-state index contributed by atoms with van der Waals surface area (Å²) < 4.78 is 51.8. The van der Waals surface area contributed by atoms with Crippen molar-refractivity contribution >= 4 is 38.1 Å². The van der Waals surface area contributed by atoms with E-state index in [0.717, 1.165) is 11.3 Å². The number of nitrogens with zero attached hydrogens (tertiary/aromatic N) is 1. The number of aromatic nitrogens is 2. The lowest BCUT2D eigenvalue weighted by atomic mass is 10.3. The van der Waals surface area contributed by atoms with Gasteiger partial charge in [-0.1, -0.05) is 6.07 Å². The summed E-state index contributed by atoms with van der Waals surface area (Å²) in [5, 5.41) is 1.65. The molecule has 2 aromatic heterocycles. The van der Waals surface area contributed by atoms with Crippen molar-refractivity contribution in [2.24, 2.45) is 0 Å². The predicted molar refractivity (Wildman–Crippen MR) is 76.2 cm³/mol. The first-order valence-electron chi connectivity index (χ1n) is 5.80. The van der Waals surface area contributed by atoms with Gasteiger partial charge in [0.25, 0.3) is 16.4 Å². The highest BCUT2D eigenvalue weighted by Gasteiger charge is 2.16. The fourth-order valence-electron chi connectivity index (χ4n) is 1.82. The third kappa shape index (κ3) is 2.74. The van der Waals surface area contributed by atoms with E-state index in [0.29, 0.717) is 11.0 Å². The zero-order valence-electron chi connectivity index (χ0n) is 10.4.